The molecule has 0 aromatic carbocycles. The summed E-state index contributed by atoms with van der Waals surface area (Å²) in [5.41, 5.74) is 1.23. The number of aromatic nitrogens is 2. The Hall–Kier alpha value is -0.640. The molecule has 1 aliphatic heterocycles. The van der Waals surface area contributed by atoms with Crippen LogP contribution in [0.3, 0.4) is 0 Å². The smallest absolute Gasteiger partial charge is 0.127 e. The first-order valence-corrected chi connectivity index (χ1v) is 5.18. The zero-order valence-electron chi connectivity index (χ0n) is 7.46. The average molecular weight is 243 g/mol. The first-order chi connectivity index (χ1) is 6.22. The lowest BCUT2D eigenvalue weighted by Crippen LogP contribution is -2.21. The van der Waals surface area contributed by atoms with Crippen molar-refractivity contribution in [3.8, 4) is 0 Å². The van der Waals surface area contributed by atoms with Crippen molar-refractivity contribution in [1.82, 2.24) is 9.55 Å². The quantitative estimate of drug-likeness (QED) is 0.704. The number of hydrogen-bond donors (Lipinski definition) is 0. The molecular formula is C9H11BrN2O. The molecule has 0 fully saturated rings. The number of aldehydes is 1. The third-order valence-corrected chi connectivity index (χ3v) is 3.21. The van der Waals surface area contributed by atoms with Crippen molar-refractivity contribution < 1.29 is 4.79 Å². The van der Waals surface area contributed by atoms with E-state index in [1.165, 1.54) is 5.69 Å². The lowest BCUT2D eigenvalue weighted by atomic mass is 10.00. The molecule has 1 aromatic heterocycles. The van der Waals surface area contributed by atoms with Crippen LogP contribution in [0.25, 0.3) is 0 Å². The molecule has 0 amide bonds. The van der Waals surface area contributed by atoms with Crippen LogP contribution < -0.4 is 0 Å². The molecule has 0 radical (unpaired) electrons. The summed E-state index contributed by atoms with van der Waals surface area (Å²) >= 11 is 3.42. The number of halogens is 1. The minimum Gasteiger partial charge on any atom is -0.330 e. The zero-order chi connectivity index (χ0) is 9.42. The van der Waals surface area contributed by atoms with E-state index in [1.807, 2.05) is 6.92 Å². The lowest BCUT2D eigenvalue weighted by molar-refractivity contribution is -0.111. The van der Waals surface area contributed by atoms with E-state index in [-0.39, 0.29) is 5.92 Å². The SMILES string of the molecule is Cc1nc(Br)c2n1CC(C=O)CC2. The van der Waals surface area contributed by atoms with Crippen LogP contribution in [-0.2, 0) is 17.8 Å². The number of fused-ring (bicyclic) bond motifs is 1. The van der Waals surface area contributed by atoms with Crippen molar-refractivity contribution in [2.24, 2.45) is 5.92 Å². The van der Waals surface area contributed by atoms with Crippen molar-refractivity contribution in [1.29, 1.82) is 0 Å². The fourth-order valence-corrected chi connectivity index (χ4v) is 2.48. The molecule has 3 nitrogen and oxygen atoms in total. The van der Waals surface area contributed by atoms with Gasteiger partial charge in [-0.2, -0.15) is 0 Å². The monoisotopic (exact) mass is 242 g/mol. The number of nitrogens with zero attached hydrogens (tertiary/aromatic N) is 2. The van der Waals surface area contributed by atoms with Gasteiger partial charge in [0.25, 0.3) is 0 Å². The molecule has 0 bridgehead atoms. The van der Waals surface area contributed by atoms with Gasteiger partial charge in [0, 0.05) is 12.5 Å². The Balaban J connectivity index is 2.38. The second-order valence-electron chi connectivity index (χ2n) is 3.44. The Labute approximate surface area is 85.3 Å². The molecule has 1 aliphatic rings. The minimum absolute atomic E-state index is 0.173. The van der Waals surface area contributed by atoms with Gasteiger partial charge in [0.15, 0.2) is 0 Å². The van der Waals surface area contributed by atoms with Crippen LogP contribution in [0.4, 0.5) is 0 Å². The number of carbonyl (C=O) groups excluding carboxylic acids is 1. The molecule has 70 valence electrons. The van der Waals surface area contributed by atoms with E-state index in [0.29, 0.717) is 0 Å². The molecule has 13 heavy (non-hydrogen) atoms. The highest BCUT2D eigenvalue weighted by Gasteiger charge is 2.22. The van der Waals surface area contributed by atoms with E-state index in [9.17, 15) is 4.79 Å². The maximum atomic E-state index is 10.6. The van der Waals surface area contributed by atoms with Crippen LogP contribution in [0.5, 0.6) is 0 Å². The average Bonchev–Trinajstić information content (AvgIpc) is 2.42. The Kier molecular flexibility index (Phi) is 2.24. The Bertz CT molecular complexity index is 346. The van der Waals surface area contributed by atoms with Gasteiger partial charge >= 0.3 is 0 Å². The summed E-state index contributed by atoms with van der Waals surface area (Å²) in [6, 6.07) is 0. The summed E-state index contributed by atoms with van der Waals surface area (Å²) in [5.74, 6) is 1.17. The lowest BCUT2D eigenvalue weighted by Gasteiger charge is -2.20. The number of hydrogen-bond acceptors (Lipinski definition) is 2. The van der Waals surface area contributed by atoms with E-state index < -0.39 is 0 Å². The summed E-state index contributed by atoms with van der Waals surface area (Å²) in [5, 5.41) is 0. The Morgan fingerprint density at radius 1 is 1.69 bits per heavy atom. The van der Waals surface area contributed by atoms with Gasteiger partial charge in [0.2, 0.25) is 0 Å². The highest BCUT2D eigenvalue weighted by Crippen LogP contribution is 2.26. The van der Waals surface area contributed by atoms with E-state index in [1.54, 1.807) is 0 Å². The summed E-state index contributed by atoms with van der Waals surface area (Å²) in [7, 11) is 0. The number of imidazole rings is 1. The third kappa shape index (κ3) is 1.43. The van der Waals surface area contributed by atoms with Crippen molar-refractivity contribution in [3.63, 3.8) is 0 Å². The standard InChI is InChI=1S/C9H11BrN2O/c1-6-11-9(10)8-3-2-7(5-13)4-12(6)8/h5,7H,2-4H2,1H3. The normalized spacial score (nSPS) is 21.2. The number of aryl methyl sites for hydroxylation is 1. The zero-order valence-corrected chi connectivity index (χ0v) is 9.04. The second-order valence-corrected chi connectivity index (χ2v) is 4.19. The maximum absolute atomic E-state index is 10.6. The fourth-order valence-electron chi connectivity index (χ4n) is 1.81. The molecule has 1 aromatic rings. The van der Waals surface area contributed by atoms with Crippen LogP contribution in [-0.4, -0.2) is 15.8 Å². The molecule has 0 saturated heterocycles. The fraction of sp³-hybridized carbons (Fsp3) is 0.556. The van der Waals surface area contributed by atoms with Crippen LogP contribution in [0, 0.1) is 12.8 Å². The largest absolute Gasteiger partial charge is 0.330 e. The summed E-state index contributed by atoms with van der Waals surface area (Å²) in [6.07, 6.45) is 2.95. The van der Waals surface area contributed by atoms with Gasteiger partial charge in [-0.3, -0.25) is 0 Å². The van der Waals surface area contributed by atoms with Gasteiger partial charge in [0.05, 0.1) is 5.69 Å². The predicted octanol–water partition coefficient (Wildman–Crippen LogP) is 1.72. The van der Waals surface area contributed by atoms with Crippen LogP contribution >= 0.6 is 15.9 Å². The Morgan fingerprint density at radius 3 is 3.15 bits per heavy atom. The highest BCUT2D eigenvalue weighted by atomic mass is 79.9. The van der Waals surface area contributed by atoms with Crippen LogP contribution in [0.1, 0.15) is 17.9 Å². The maximum Gasteiger partial charge on any atom is 0.127 e. The first-order valence-electron chi connectivity index (χ1n) is 4.39. The summed E-state index contributed by atoms with van der Waals surface area (Å²) < 4.78 is 3.07. The third-order valence-electron chi connectivity index (χ3n) is 2.58. The van der Waals surface area contributed by atoms with Gasteiger partial charge in [-0.1, -0.05) is 0 Å². The minimum atomic E-state index is 0.173. The van der Waals surface area contributed by atoms with Gasteiger partial charge in [-0.15, -0.1) is 0 Å². The van der Waals surface area contributed by atoms with Gasteiger partial charge in [-0.25, -0.2) is 4.98 Å². The first kappa shape index (κ1) is 8.94. The molecule has 2 rings (SSSR count). The molecule has 1 atom stereocenters. The van der Waals surface area contributed by atoms with Crippen molar-refractivity contribution in [3.05, 3.63) is 16.1 Å². The summed E-state index contributed by atoms with van der Waals surface area (Å²) in [6.45, 7) is 2.77. The van der Waals surface area contributed by atoms with E-state index in [2.05, 4.69) is 25.5 Å². The molecule has 4 heteroatoms. The van der Waals surface area contributed by atoms with Crippen LogP contribution in [0.2, 0.25) is 0 Å². The van der Waals surface area contributed by atoms with E-state index in [4.69, 9.17) is 0 Å². The number of carbonyl (C=O) groups is 1. The van der Waals surface area contributed by atoms with Crippen molar-refractivity contribution in [2.45, 2.75) is 26.3 Å². The molecule has 0 N–H and O–H groups in total. The Morgan fingerprint density at radius 2 is 2.46 bits per heavy atom. The summed E-state index contributed by atoms with van der Waals surface area (Å²) in [4.78, 5) is 15.0. The topological polar surface area (TPSA) is 34.9 Å². The van der Waals surface area contributed by atoms with E-state index >= 15 is 0 Å². The highest BCUT2D eigenvalue weighted by molar-refractivity contribution is 9.10. The number of rotatable bonds is 1. The molecule has 1 unspecified atom stereocenters. The second kappa shape index (κ2) is 3.25. The van der Waals surface area contributed by atoms with Gasteiger partial charge in [0.1, 0.15) is 16.7 Å². The molecule has 2 heterocycles. The molecule has 0 spiro atoms. The molecule has 0 saturated carbocycles. The molecule has 0 aliphatic carbocycles. The predicted molar refractivity (Wildman–Crippen MR) is 52.5 cm³/mol. The molecular weight excluding hydrogens is 232 g/mol. The van der Waals surface area contributed by atoms with Crippen molar-refractivity contribution in [2.75, 3.05) is 0 Å². The van der Waals surface area contributed by atoms with E-state index in [0.717, 1.165) is 36.1 Å². The van der Waals surface area contributed by atoms with Gasteiger partial charge in [-0.05, 0) is 35.7 Å². The van der Waals surface area contributed by atoms with Crippen molar-refractivity contribution >= 4 is 22.2 Å². The van der Waals surface area contributed by atoms with Crippen LogP contribution in [0.15, 0.2) is 4.60 Å². The van der Waals surface area contributed by atoms with Gasteiger partial charge < -0.3 is 9.36 Å².